The number of anilines is 1. The number of hydrogen-bond donors (Lipinski definition) is 2. The summed E-state index contributed by atoms with van der Waals surface area (Å²) in [4.78, 5) is 11.3. The quantitative estimate of drug-likeness (QED) is 0.653. The van der Waals surface area contributed by atoms with E-state index in [2.05, 4.69) is 21.2 Å². The van der Waals surface area contributed by atoms with Crippen molar-refractivity contribution < 1.29 is 17.8 Å². The lowest BCUT2D eigenvalue weighted by molar-refractivity contribution is -0.115. The van der Waals surface area contributed by atoms with E-state index >= 15 is 0 Å². The number of carbonyl (C=O) groups excluding carboxylic acids is 1. The Morgan fingerprint density at radius 3 is 2.44 bits per heavy atom. The van der Waals surface area contributed by atoms with Crippen molar-refractivity contribution in [1.29, 1.82) is 0 Å². The van der Waals surface area contributed by atoms with Gasteiger partial charge in [0.15, 0.2) is 0 Å². The van der Waals surface area contributed by atoms with Crippen LogP contribution in [0.15, 0.2) is 17.0 Å². The van der Waals surface area contributed by atoms with Gasteiger partial charge in [-0.15, -0.1) is 0 Å². The van der Waals surface area contributed by atoms with Crippen LogP contribution in [0.25, 0.3) is 0 Å². The first kappa shape index (κ1) is 15.1. The van der Waals surface area contributed by atoms with Crippen molar-refractivity contribution in [1.82, 2.24) is 0 Å². The molecular weight excluding hydrogens is 322 g/mol. The molecule has 1 rings (SSSR count). The highest BCUT2D eigenvalue weighted by Gasteiger charge is 2.16. The number of carbonyl (C=O) groups is 1. The highest BCUT2D eigenvalue weighted by atomic mass is 79.9. The van der Waals surface area contributed by atoms with Gasteiger partial charge in [-0.3, -0.25) is 9.35 Å². The molecule has 1 aromatic carbocycles. The van der Waals surface area contributed by atoms with Crippen LogP contribution in [0.5, 0.6) is 0 Å². The van der Waals surface area contributed by atoms with Crippen LogP contribution in [0, 0.1) is 13.8 Å². The molecule has 0 bridgehead atoms. The molecule has 1 amide bonds. The molecule has 7 heteroatoms. The van der Waals surface area contributed by atoms with Gasteiger partial charge in [-0.25, -0.2) is 0 Å². The van der Waals surface area contributed by atoms with E-state index in [0.717, 1.165) is 5.56 Å². The third kappa shape index (κ3) is 3.79. The fourth-order valence-corrected chi connectivity index (χ4v) is 2.64. The number of rotatable bonds is 4. The number of alkyl halides is 1. The molecule has 0 aliphatic carbocycles. The molecule has 1 aromatic rings. The van der Waals surface area contributed by atoms with Crippen molar-refractivity contribution in [2.45, 2.75) is 25.2 Å². The van der Waals surface area contributed by atoms with Gasteiger partial charge in [0.05, 0.1) is 4.90 Å². The van der Waals surface area contributed by atoms with Crippen LogP contribution in [-0.4, -0.2) is 24.2 Å². The fourth-order valence-electron chi connectivity index (χ4n) is 1.54. The Morgan fingerprint density at radius 1 is 1.33 bits per heavy atom. The van der Waals surface area contributed by atoms with E-state index in [1.807, 2.05) is 0 Å². The monoisotopic (exact) mass is 335 g/mol. The molecule has 100 valence electrons. The van der Waals surface area contributed by atoms with Gasteiger partial charge < -0.3 is 5.32 Å². The van der Waals surface area contributed by atoms with E-state index < -0.39 is 10.1 Å². The van der Waals surface area contributed by atoms with Crippen molar-refractivity contribution >= 4 is 37.6 Å². The predicted molar refractivity (Wildman–Crippen MR) is 72.8 cm³/mol. The van der Waals surface area contributed by atoms with Crippen molar-refractivity contribution in [3.63, 3.8) is 0 Å². The normalized spacial score (nSPS) is 11.3. The Hall–Kier alpha value is -0.920. The van der Waals surface area contributed by atoms with E-state index in [-0.39, 0.29) is 17.2 Å². The number of halogens is 1. The standard InChI is InChI=1S/C11H14BrNO4S/c1-7-5-8(2)10(18(15,16)17)6-9(7)13-11(14)3-4-12/h5-6H,3-4H2,1-2H3,(H,13,14)(H,15,16,17). The van der Waals surface area contributed by atoms with Gasteiger partial charge in [-0.05, 0) is 31.0 Å². The summed E-state index contributed by atoms with van der Waals surface area (Å²) in [5, 5.41) is 3.13. The molecule has 0 saturated carbocycles. The predicted octanol–water partition coefficient (Wildman–Crippen LogP) is 2.27. The number of hydrogen-bond acceptors (Lipinski definition) is 3. The van der Waals surface area contributed by atoms with Crippen LogP contribution in [0.2, 0.25) is 0 Å². The molecule has 0 aliphatic heterocycles. The highest BCUT2D eigenvalue weighted by Crippen LogP contribution is 2.24. The Bertz CT molecular complexity index is 569. The van der Waals surface area contributed by atoms with Gasteiger partial charge in [0.2, 0.25) is 5.91 Å². The Morgan fingerprint density at radius 2 is 1.94 bits per heavy atom. The second-order valence-electron chi connectivity index (χ2n) is 3.89. The fraction of sp³-hybridized carbons (Fsp3) is 0.364. The summed E-state index contributed by atoms with van der Waals surface area (Å²) in [6, 6.07) is 2.87. The molecule has 0 radical (unpaired) electrons. The maximum atomic E-state index is 11.5. The molecule has 0 atom stereocenters. The van der Waals surface area contributed by atoms with E-state index in [9.17, 15) is 13.2 Å². The van der Waals surface area contributed by atoms with Crippen LogP contribution < -0.4 is 5.32 Å². The van der Waals surface area contributed by atoms with Crippen LogP contribution in [0.1, 0.15) is 17.5 Å². The zero-order chi connectivity index (χ0) is 13.9. The third-order valence-electron chi connectivity index (χ3n) is 2.40. The summed E-state index contributed by atoms with van der Waals surface area (Å²) >= 11 is 3.14. The smallest absolute Gasteiger partial charge is 0.294 e. The Labute approximate surface area is 114 Å². The van der Waals surface area contributed by atoms with Crippen LogP contribution in [-0.2, 0) is 14.9 Å². The van der Waals surface area contributed by atoms with E-state index in [0.29, 0.717) is 16.6 Å². The molecule has 0 unspecified atom stereocenters. The van der Waals surface area contributed by atoms with Crippen LogP contribution in [0.4, 0.5) is 5.69 Å². The third-order valence-corrected chi connectivity index (χ3v) is 3.79. The van der Waals surface area contributed by atoms with Crippen LogP contribution >= 0.6 is 15.9 Å². The Balaban J connectivity index is 3.18. The van der Waals surface area contributed by atoms with Gasteiger partial charge in [0, 0.05) is 17.4 Å². The first-order valence-corrected chi connectivity index (χ1v) is 7.76. The second kappa shape index (κ2) is 5.81. The largest absolute Gasteiger partial charge is 0.326 e. The molecular formula is C11H14BrNO4S. The van der Waals surface area contributed by atoms with Gasteiger partial charge in [0.1, 0.15) is 0 Å². The van der Waals surface area contributed by atoms with Crippen molar-refractivity contribution in [3.05, 3.63) is 23.3 Å². The molecule has 0 aromatic heterocycles. The number of benzene rings is 1. The molecule has 2 N–H and O–H groups in total. The number of amides is 1. The zero-order valence-corrected chi connectivity index (χ0v) is 12.4. The van der Waals surface area contributed by atoms with Crippen molar-refractivity contribution in [3.8, 4) is 0 Å². The molecule has 0 fully saturated rings. The topological polar surface area (TPSA) is 83.5 Å². The van der Waals surface area contributed by atoms with Gasteiger partial charge in [-0.2, -0.15) is 8.42 Å². The molecule has 0 aliphatic rings. The molecule has 0 spiro atoms. The zero-order valence-electron chi connectivity index (χ0n) is 10.0. The SMILES string of the molecule is Cc1cc(C)c(S(=O)(=O)O)cc1NC(=O)CCBr. The maximum absolute atomic E-state index is 11.5. The lowest BCUT2D eigenvalue weighted by atomic mass is 10.1. The van der Waals surface area contributed by atoms with Gasteiger partial charge in [-0.1, -0.05) is 22.0 Å². The first-order chi connectivity index (χ1) is 8.25. The summed E-state index contributed by atoms with van der Waals surface area (Å²) in [6.07, 6.45) is 0.286. The summed E-state index contributed by atoms with van der Waals surface area (Å²) in [5.41, 5.74) is 1.57. The summed E-state index contributed by atoms with van der Waals surface area (Å²) in [6.45, 7) is 3.34. The second-order valence-corrected chi connectivity index (χ2v) is 6.08. The lowest BCUT2D eigenvalue weighted by Gasteiger charge is -2.11. The van der Waals surface area contributed by atoms with Crippen molar-refractivity contribution in [2.24, 2.45) is 0 Å². The highest BCUT2D eigenvalue weighted by molar-refractivity contribution is 9.09. The first-order valence-electron chi connectivity index (χ1n) is 5.20. The molecule has 0 heterocycles. The maximum Gasteiger partial charge on any atom is 0.294 e. The van der Waals surface area contributed by atoms with E-state index in [4.69, 9.17) is 4.55 Å². The Kier molecular flexibility index (Phi) is 4.89. The van der Waals surface area contributed by atoms with E-state index in [1.165, 1.54) is 6.07 Å². The lowest BCUT2D eigenvalue weighted by Crippen LogP contribution is -2.13. The summed E-state index contributed by atoms with van der Waals surface area (Å²) < 4.78 is 31.4. The average molecular weight is 336 g/mol. The number of nitrogens with one attached hydrogen (secondary N) is 1. The summed E-state index contributed by atoms with van der Waals surface area (Å²) in [5.74, 6) is -0.222. The number of aryl methyl sites for hydroxylation is 2. The van der Waals surface area contributed by atoms with Gasteiger partial charge >= 0.3 is 0 Å². The van der Waals surface area contributed by atoms with Crippen molar-refractivity contribution in [2.75, 3.05) is 10.6 Å². The molecule has 5 nitrogen and oxygen atoms in total. The minimum absolute atomic E-state index is 0.192. The minimum atomic E-state index is -4.28. The summed E-state index contributed by atoms with van der Waals surface area (Å²) in [7, 11) is -4.28. The molecule has 0 saturated heterocycles. The molecule has 18 heavy (non-hydrogen) atoms. The van der Waals surface area contributed by atoms with Crippen LogP contribution in [0.3, 0.4) is 0 Å². The minimum Gasteiger partial charge on any atom is -0.326 e. The van der Waals surface area contributed by atoms with Gasteiger partial charge in [0.25, 0.3) is 10.1 Å². The average Bonchev–Trinajstić information content (AvgIpc) is 2.20. The van der Waals surface area contributed by atoms with E-state index in [1.54, 1.807) is 19.9 Å².